The minimum absolute atomic E-state index is 0.890. The van der Waals surface area contributed by atoms with E-state index in [1.807, 2.05) is 22.3 Å². The molecule has 1 fully saturated rings. The van der Waals surface area contributed by atoms with Crippen LogP contribution < -0.4 is 4.90 Å². The maximum absolute atomic E-state index is 4.61. The second-order valence-electron chi connectivity index (χ2n) is 5.16. The number of hydrogen-bond donors (Lipinski definition) is 0. The normalized spacial score (nSPS) is 16.7. The van der Waals surface area contributed by atoms with Gasteiger partial charge in [0.15, 0.2) is 5.65 Å². The third kappa shape index (κ3) is 2.62. The summed E-state index contributed by atoms with van der Waals surface area (Å²) < 4.78 is 1.83. The number of aromatic nitrogens is 4. The zero-order valence-corrected chi connectivity index (χ0v) is 12.4. The van der Waals surface area contributed by atoms with Crippen LogP contribution >= 0.6 is 11.3 Å². The molecule has 0 aliphatic carbocycles. The maximum Gasteiger partial charge on any atom is 0.153 e. The summed E-state index contributed by atoms with van der Waals surface area (Å²) in [6, 6.07) is 4.07. The van der Waals surface area contributed by atoms with Crippen LogP contribution in [0.4, 0.5) is 5.82 Å². The Labute approximate surface area is 126 Å². The van der Waals surface area contributed by atoms with Gasteiger partial charge in [-0.3, -0.25) is 4.90 Å². The Balaban J connectivity index is 1.42. The molecule has 0 N–H and O–H groups in total. The largest absolute Gasteiger partial charge is 0.353 e. The monoisotopic (exact) mass is 300 g/mol. The zero-order chi connectivity index (χ0) is 14.1. The van der Waals surface area contributed by atoms with Crippen molar-refractivity contribution in [1.29, 1.82) is 0 Å². The first-order valence-corrected chi connectivity index (χ1v) is 7.97. The molecule has 6 nitrogen and oxygen atoms in total. The topological polar surface area (TPSA) is 49.6 Å². The molecule has 0 bridgehead atoms. The van der Waals surface area contributed by atoms with Crippen molar-refractivity contribution in [3.63, 3.8) is 0 Å². The highest BCUT2D eigenvalue weighted by molar-refractivity contribution is 7.07. The Morgan fingerprint density at radius 3 is 2.81 bits per heavy atom. The van der Waals surface area contributed by atoms with Crippen molar-refractivity contribution in [2.75, 3.05) is 31.1 Å². The Bertz CT molecular complexity index is 714. The third-order valence-corrected chi connectivity index (χ3v) is 4.44. The fraction of sp³-hybridized carbons (Fsp3) is 0.357. The zero-order valence-electron chi connectivity index (χ0n) is 11.6. The molecule has 3 aromatic rings. The highest BCUT2D eigenvalue weighted by Gasteiger charge is 2.19. The lowest BCUT2D eigenvalue weighted by Crippen LogP contribution is -2.46. The molecule has 4 heterocycles. The van der Waals surface area contributed by atoms with E-state index < -0.39 is 0 Å². The van der Waals surface area contributed by atoms with Gasteiger partial charge in [-0.05, 0) is 12.1 Å². The number of nitrogens with zero attached hydrogens (tertiary/aromatic N) is 6. The molecule has 0 amide bonds. The van der Waals surface area contributed by atoms with E-state index in [2.05, 4.69) is 36.3 Å². The average molecular weight is 300 g/mol. The first kappa shape index (κ1) is 12.7. The summed E-state index contributed by atoms with van der Waals surface area (Å²) in [6.07, 6.45) is 3.66. The highest BCUT2D eigenvalue weighted by Crippen LogP contribution is 2.15. The molecule has 0 radical (unpaired) electrons. The number of thiazole rings is 1. The molecule has 0 unspecified atom stereocenters. The first-order valence-electron chi connectivity index (χ1n) is 7.03. The van der Waals surface area contributed by atoms with Crippen LogP contribution in [-0.2, 0) is 6.54 Å². The fourth-order valence-corrected chi connectivity index (χ4v) is 3.20. The van der Waals surface area contributed by atoms with Crippen LogP contribution in [0.2, 0.25) is 0 Å². The third-order valence-electron chi connectivity index (χ3n) is 3.81. The Morgan fingerprint density at radius 1 is 1.10 bits per heavy atom. The summed E-state index contributed by atoms with van der Waals surface area (Å²) in [7, 11) is 0. The maximum atomic E-state index is 4.61. The standard InChI is InChI=1S/C14H16N6S/c1-2-14(17-20-4-3-15-13(1)20)19-7-5-18(6-8-19)9-12-10-21-11-16-12/h1-4,10-11H,5-9H2. The van der Waals surface area contributed by atoms with Crippen molar-refractivity contribution in [2.24, 2.45) is 0 Å². The number of anilines is 1. The number of fused-ring (bicyclic) bond motifs is 1. The van der Waals surface area contributed by atoms with Crippen LogP contribution in [0.1, 0.15) is 5.69 Å². The lowest BCUT2D eigenvalue weighted by molar-refractivity contribution is 0.247. The van der Waals surface area contributed by atoms with E-state index in [0.717, 1.165) is 44.2 Å². The molecule has 4 rings (SSSR count). The molecule has 1 saturated heterocycles. The van der Waals surface area contributed by atoms with Gasteiger partial charge >= 0.3 is 0 Å². The van der Waals surface area contributed by atoms with E-state index in [4.69, 9.17) is 0 Å². The van der Waals surface area contributed by atoms with Gasteiger partial charge in [0.25, 0.3) is 0 Å². The van der Waals surface area contributed by atoms with Gasteiger partial charge < -0.3 is 4.90 Å². The van der Waals surface area contributed by atoms with Crippen molar-refractivity contribution in [3.8, 4) is 0 Å². The van der Waals surface area contributed by atoms with Crippen molar-refractivity contribution >= 4 is 22.8 Å². The Morgan fingerprint density at radius 2 is 2.00 bits per heavy atom. The van der Waals surface area contributed by atoms with Crippen molar-refractivity contribution in [1.82, 2.24) is 24.5 Å². The van der Waals surface area contributed by atoms with Crippen molar-refractivity contribution in [3.05, 3.63) is 41.1 Å². The Kier molecular flexibility index (Phi) is 3.28. The highest BCUT2D eigenvalue weighted by atomic mass is 32.1. The summed E-state index contributed by atoms with van der Waals surface area (Å²) in [5.41, 5.74) is 3.96. The van der Waals surface area contributed by atoms with E-state index in [1.54, 1.807) is 17.5 Å². The van der Waals surface area contributed by atoms with Gasteiger partial charge in [-0.2, -0.15) is 0 Å². The van der Waals surface area contributed by atoms with E-state index in [1.165, 1.54) is 5.69 Å². The van der Waals surface area contributed by atoms with E-state index in [-0.39, 0.29) is 0 Å². The lowest BCUT2D eigenvalue weighted by atomic mass is 10.3. The first-order chi connectivity index (χ1) is 10.4. The van der Waals surface area contributed by atoms with Gasteiger partial charge in [0.05, 0.1) is 11.2 Å². The van der Waals surface area contributed by atoms with Gasteiger partial charge in [-0.15, -0.1) is 16.4 Å². The van der Waals surface area contributed by atoms with Crippen LogP contribution in [0.25, 0.3) is 5.65 Å². The molecule has 0 aromatic carbocycles. The van der Waals surface area contributed by atoms with E-state index in [9.17, 15) is 0 Å². The van der Waals surface area contributed by atoms with Gasteiger partial charge in [0.1, 0.15) is 5.82 Å². The summed E-state index contributed by atoms with van der Waals surface area (Å²) in [4.78, 5) is 13.4. The summed E-state index contributed by atoms with van der Waals surface area (Å²) in [5.74, 6) is 1.02. The van der Waals surface area contributed by atoms with Crippen LogP contribution in [-0.4, -0.2) is 50.7 Å². The molecule has 0 spiro atoms. The predicted molar refractivity (Wildman–Crippen MR) is 82.6 cm³/mol. The fourth-order valence-electron chi connectivity index (χ4n) is 2.65. The number of piperazine rings is 1. The average Bonchev–Trinajstić information content (AvgIpc) is 3.18. The van der Waals surface area contributed by atoms with Gasteiger partial charge in [-0.1, -0.05) is 0 Å². The predicted octanol–water partition coefficient (Wildman–Crippen LogP) is 1.51. The molecule has 108 valence electrons. The van der Waals surface area contributed by atoms with Gasteiger partial charge in [0, 0.05) is 50.5 Å². The van der Waals surface area contributed by atoms with Crippen LogP contribution in [0.5, 0.6) is 0 Å². The molecule has 3 aromatic heterocycles. The van der Waals surface area contributed by atoms with E-state index in [0.29, 0.717) is 0 Å². The van der Waals surface area contributed by atoms with Crippen molar-refractivity contribution < 1.29 is 0 Å². The van der Waals surface area contributed by atoms with Crippen molar-refractivity contribution in [2.45, 2.75) is 6.54 Å². The van der Waals surface area contributed by atoms with Crippen LogP contribution in [0, 0.1) is 0 Å². The van der Waals surface area contributed by atoms with E-state index >= 15 is 0 Å². The minimum Gasteiger partial charge on any atom is -0.353 e. The molecule has 0 saturated carbocycles. The minimum atomic E-state index is 0.890. The molecule has 21 heavy (non-hydrogen) atoms. The lowest BCUT2D eigenvalue weighted by Gasteiger charge is -2.34. The number of hydrogen-bond acceptors (Lipinski definition) is 6. The molecular weight excluding hydrogens is 284 g/mol. The SMILES string of the molecule is c1cn2nc(N3CCN(Cc4cscn4)CC3)ccc2n1. The summed E-state index contributed by atoms with van der Waals surface area (Å²) >= 11 is 1.66. The molecule has 1 aliphatic rings. The summed E-state index contributed by atoms with van der Waals surface area (Å²) in [5, 5.41) is 6.74. The van der Waals surface area contributed by atoms with Gasteiger partial charge in [0.2, 0.25) is 0 Å². The molecule has 7 heteroatoms. The molecule has 0 atom stereocenters. The van der Waals surface area contributed by atoms with Crippen LogP contribution in [0.15, 0.2) is 35.4 Å². The second-order valence-corrected chi connectivity index (χ2v) is 5.88. The summed E-state index contributed by atoms with van der Waals surface area (Å²) in [6.45, 7) is 5.03. The quantitative estimate of drug-likeness (QED) is 0.734. The number of rotatable bonds is 3. The second kappa shape index (κ2) is 5.42. The molecule has 1 aliphatic heterocycles. The smallest absolute Gasteiger partial charge is 0.153 e. The Hall–Kier alpha value is -1.99. The van der Waals surface area contributed by atoms with Crippen LogP contribution in [0.3, 0.4) is 0 Å². The number of imidazole rings is 1. The molecular formula is C14H16N6S. The van der Waals surface area contributed by atoms with Gasteiger partial charge in [-0.25, -0.2) is 14.5 Å².